The Labute approximate surface area is 368 Å². The largest absolute Gasteiger partial charge is 0.472 e. The molecule has 1 fully saturated rings. The Morgan fingerprint density at radius 3 is 1.72 bits per heavy atom. The number of aliphatic hydroxyl groups is 1. The number of carbonyl (C=O) groups is 2. The molecule has 360 valence electrons. The zero-order chi connectivity index (χ0) is 45.0. The molecule has 0 aromatic heterocycles. The zero-order valence-corrected chi connectivity index (χ0v) is 39.9. The van der Waals surface area contributed by atoms with Crippen LogP contribution in [-0.2, 0) is 46.5 Å². The molecule has 14 nitrogen and oxygen atoms in total. The van der Waals surface area contributed by atoms with Crippen molar-refractivity contribution in [3.8, 4) is 0 Å². The number of allylic oxidation sites excluding steroid dienone is 1. The molecule has 6 atom stereocenters. The first kappa shape index (κ1) is 57.8. The van der Waals surface area contributed by atoms with Crippen molar-refractivity contribution in [2.75, 3.05) is 26.4 Å². The van der Waals surface area contributed by atoms with Gasteiger partial charge >= 0.3 is 27.6 Å². The molecule has 0 bridgehead atoms. The summed E-state index contributed by atoms with van der Waals surface area (Å²) >= 11 is 0. The molecule has 0 saturated carbocycles. The summed E-state index contributed by atoms with van der Waals surface area (Å²) in [6.45, 7) is 4.11. The Bertz CT molecular complexity index is 1210. The quantitative estimate of drug-likeness (QED) is 0.0147. The molecule has 0 spiro atoms. The van der Waals surface area contributed by atoms with Gasteiger partial charge in [-0.25, -0.2) is 9.13 Å². The SMILES string of the molecule is CCCCCC1OC1C/C=C\CCCCCCCC(=O)OC[C@H](COP(=O)(O)OC[C@@H](O)COP(=O)(O)O)OC(=O)CCCCCCCCCCCCCCCCC(C)CC. The van der Waals surface area contributed by atoms with Gasteiger partial charge in [-0.05, 0) is 44.4 Å². The number of carbonyl (C=O) groups excluding carboxylic acids is 2. The molecule has 0 aromatic rings. The monoisotopic (exact) mass is 913 g/mol. The molecular weight excluding hydrogens is 826 g/mol. The molecule has 1 aliphatic heterocycles. The van der Waals surface area contributed by atoms with E-state index in [2.05, 4.69) is 37.4 Å². The van der Waals surface area contributed by atoms with E-state index in [9.17, 15) is 28.7 Å². The van der Waals surface area contributed by atoms with Gasteiger partial charge in [-0.1, -0.05) is 168 Å². The fourth-order valence-corrected chi connectivity index (χ4v) is 8.13. The molecule has 0 aromatic carbocycles. The minimum absolute atomic E-state index is 0.130. The maximum atomic E-state index is 12.7. The third-order valence-electron chi connectivity index (χ3n) is 11.1. The smallest absolute Gasteiger partial charge is 0.462 e. The summed E-state index contributed by atoms with van der Waals surface area (Å²) in [7, 11) is -9.68. The highest BCUT2D eigenvalue weighted by molar-refractivity contribution is 7.47. The number of unbranched alkanes of at least 4 members (excludes halogenated alkanes) is 20. The van der Waals surface area contributed by atoms with Crippen LogP contribution in [0.1, 0.15) is 207 Å². The minimum atomic E-state index is -4.86. The number of hydrogen-bond acceptors (Lipinski definition) is 11. The molecule has 61 heavy (non-hydrogen) atoms. The van der Waals surface area contributed by atoms with Crippen LogP contribution in [0.3, 0.4) is 0 Å². The topological polar surface area (TPSA) is 208 Å². The first-order valence-corrected chi connectivity index (χ1v) is 26.9. The number of phosphoric acid groups is 2. The summed E-state index contributed by atoms with van der Waals surface area (Å²) in [5.41, 5.74) is 0. The summed E-state index contributed by atoms with van der Waals surface area (Å²) in [6.07, 6.45) is 33.6. The lowest BCUT2D eigenvalue weighted by molar-refractivity contribution is -0.161. The minimum Gasteiger partial charge on any atom is -0.462 e. The van der Waals surface area contributed by atoms with Gasteiger partial charge in [0, 0.05) is 12.8 Å². The highest BCUT2D eigenvalue weighted by Gasteiger charge is 2.36. The normalized spacial score (nSPS) is 17.9. The van der Waals surface area contributed by atoms with Gasteiger partial charge in [-0.15, -0.1) is 0 Å². The zero-order valence-electron chi connectivity index (χ0n) is 38.1. The van der Waals surface area contributed by atoms with Crippen LogP contribution in [0.4, 0.5) is 0 Å². The van der Waals surface area contributed by atoms with E-state index in [1.54, 1.807) is 0 Å². The van der Waals surface area contributed by atoms with Crippen LogP contribution in [0.25, 0.3) is 0 Å². The molecule has 4 unspecified atom stereocenters. The number of epoxide rings is 1. The van der Waals surface area contributed by atoms with Crippen LogP contribution in [0.15, 0.2) is 12.2 Å². The molecule has 0 aliphatic carbocycles. The summed E-state index contributed by atoms with van der Waals surface area (Å²) in [4.78, 5) is 52.8. The lowest BCUT2D eigenvalue weighted by Gasteiger charge is -2.20. The summed E-state index contributed by atoms with van der Waals surface area (Å²) < 4.78 is 53.6. The van der Waals surface area contributed by atoms with Gasteiger partial charge < -0.3 is 34.0 Å². The Balaban J connectivity index is 2.31. The van der Waals surface area contributed by atoms with E-state index in [0.717, 1.165) is 63.7 Å². The highest BCUT2D eigenvalue weighted by Crippen LogP contribution is 2.44. The standard InChI is InChI=1S/C45H86O14P2/c1-4-6-25-31-42-43(59-42)32-27-22-18-15-16-19-23-28-33-44(47)54-37-41(38-57-61(52,53)56-36-40(46)35-55-60(49,50)51)58-45(48)34-29-24-20-14-12-10-8-7-9-11-13-17-21-26-30-39(3)5-2/h22,27,39-43,46H,4-21,23-26,28-38H2,1-3H3,(H,52,53)(H2,49,50,51)/b27-22-/t39?,40-,41+,42?,43?/m0/s1. The van der Waals surface area contributed by atoms with Gasteiger partial charge in [0.2, 0.25) is 0 Å². The van der Waals surface area contributed by atoms with Crippen molar-refractivity contribution in [1.29, 1.82) is 0 Å². The van der Waals surface area contributed by atoms with E-state index < -0.39 is 59.6 Å². The Morgan fingerprint density at radius 1 is 0.623 bits per heavy atom. The average Bonchev–Trinajstić information content (AvgIpc) is 3.98. The van der Waals surface area contributed by atoms with Gasteiger partial charge in [0.15, 0.2) is 6.10 Å². The number of ether oxygens (including phenoxy) is 3. The van der Waals surface area contributed by atoms with Gasteiger partial charge in [-0.2, -0.15) is 0 Å². The maximum Gasteiger partial charge on any atom is 0.472 e. The van der Waals surface area contributed by atoms with Crippen LogP contribution in [-0.4, -0.2) is 82.6 Å². The molecule has 16 heteroatoms. The summed E-state index contributed by atoms with van der Waals surface area (Å²) in [5, 5.41) is 9.76. The second kappa shape index (κ2) is 37.1. The second-order valence-electron chi connectivity index (χ2n) is 17.0. The molecule has 1 rings (SSSR count). The molecule has 1 heterocycles. The van der Waals surface area contributed by atoms with Gasteiger partial charge in [0.1, 0.15) is 12.7 Å². The first-order chi connectivity index (χ1) is 29.2. The Morgan fingerprint density at radius 2 is 1.15 bits per heavy atom. The predicted molar refractivity (Wildman–Crippen MR) is 239 cm³/mol. The van der Waals surface area contributed by atoms with E-state index in [4.69, 9.17) is 33.0 Å². The molecule has 0 radical (unpaired) electrons. The summed E-state index contributed by atoms with van der Waals surface area (Å²) in [6, 6.07) is 0. The number of esters is 2. The maximum absolute atomic E-state index is 12.7. The second-order valence-corrected chi connectivity index (χ2v) is 19.7. The number of phosphoric ester groups is 2. The van der Waals surface area contributed by atoms with E-state index in [0.29, 0.717) is 25.0 Å². The van der Waals surface area contributed by atoms with Crippen LogP contribution in [0.5, 0.6) is 0 Å². The van der Waals surface area contributed by atoms with Crippen LogP contribution in [0.2, 0.25) is 0 Å². The average molecular weight is 913 g/mol. The van der Waals surface area contributed by atoms with E-state index in [1.807, 2.05) is 0 Å². The molecule has 1 aliphatic rings. The van der Waals surface area contributed by atoms with Crippen molar-refractivity contribution in [3.05, 3.63) is 12.2 Å². The van der Waals surface area contributed by atoms with Crippen molar-refractivity contribution >= 4 is 27.6 Å². The van der Waals surface area contributed by atoms with Gasteiger partial charge in [-0.3, -0.25) is 23.2 Å². The summed E-state index contributed by atoms with van der Waals surface area (Å²) in [5.74, 6) is -0.184. The van der Waals surface area contributed by atoms with Gasteiger partial charge in [0.05, 0.1) is 32.0 Å². The van der Waals surface area contributed by atoms with Crippen molar-refractivity contribution < 1.29 is 66.3 Å². The van der Waals surface area contributed by atoms with E-state index in [1.165, 1.54) is 103 Å². The lowest BCUT2D eigenvalue weighted by Crippen LogP contribution is -2.30. The number of aliphatic hydroxyl groups excluding tert-OH is 1. The van der Waals surface area contributed by atoms with Crippen LogP contribution in [0, 0.1) is 5.92 Å². The first-order valence-electron chi connectivity index (χ1n) is 23.9. The fraction of sp³-hybridized carbons (Fsp3) is 0.911. The number of hydrogen-bond donors (Lipinski definition) is 4. The van der Waals surface area contributed by atoms with Crippen LogP contribution < -0.4 is 0 Å². The highest BCUT2D eigenvalue weighted by atomic mass is 31.2. The molecule has 1 saturated heterocycles. The predicted octanol–water partition coefficient (Wildman–Crippen LogP) is 11.4. The van der Waals surface area contributed by atoms with Crippen molar-refractivity contribution in [2.45, 2.75) is 231 Å². The lowest BCUT2D eigenvalue weighted by atomic mass is 9.99. The fourth-order valence-electron chi connectivity index (χ4n) is 6.98. The third kappa shape index (κ3) is 37.9. The van der Waals surface area contributed by atoms with Crippen molar-refractivity contribution in [2.24, 2.45) is 5.92 Å². The Hall–Kier alpha value is -1.18. The molecule has 4 N–H and O–H groups in total. The van der Waals surface area contributed by atoms with Crippen LogP contribution >= 0.6 is 15.6 Å². The molecule has 0 amide bonds. The van der Waals surface area contributed by atoms with Crippen molar-refractivity contribution in [3.63, 3.8) is 0 Å². The molecular formula is C45H86O14P2. The van der Waals surface area contributed by atoms with E-state index in [-0.39, 0.29) is 19.4 Å². The number of rotatable bonds is 44. The Kier molecular flexibility index (Phi) is 35.2. The van der Waals surface area contributed by atoms with Crippen molar-refractivity contribution in [1.82, 2.24) is 0 Å². The van der Waals surface area contributed by atoms with E-state index >= 15 is 0 Å². The third-order valence-corrected chi connectivity index (χ3v) is 12.5. The van der Waals surface area contributed by atoms with Gasteiger partial charge in [0.25, 0.3) is 0 Å².